The number of nitrogens with zero attached hydrogens (tertiary/aromatic N) is 3. The van der Waals surface area contributed by atoms with Crippen LogP contribution in [-0.4, -0.2) is 58.3 Å². The number of amides is 1. The minimum absolute atomic E-state index is 0.201. The maximum atomic E-state index is 12.5. The number of rotatable bonds is 3. The molecule has 144 valence electrons. The van der Waals surface area contributed by atoms with Crippen molar-refractivity contribution in [2.45, 2.75) is 44.9 Å². The number of ether oxygens (including phenoxy) is 3. The van der Waals surface area contributed by atoms with Gasteiger partial charge in [-0.2, -0.15) is 0 Å². The summed E-state index contributed by atoms with van der Waals surface area (Å²) < 4.78 is 16.3. The first kappa shape index (κ1) is 18.9. The van der Waals surface area contributed by atoms with E-state index in [4.69, 9.17) is 14.2 Å². The molecule has 1 fully saturated rings. The molecule has 1 aromatic heterocycles. The number of fused-ring (bicyclic) bond motifs is 1. The molecule has 1 amide bonds. The van der Waals surface area contributed by atoms with Crippen LogP contribution in [0.15, 0.2) is 30.6 Å². The van der Waals surface area contributed by atoms with E-state index >= 15 is 0 Å². The van der Waals surface area contributed by atoms with Crippen molar-refractivity contribution in [2.75, 3.05) is 13.7 Å². The molecule has 0 aliphatic carbocycles. The van der Waals surface area contributed by atoms with E-state index < -0.39 is 29.8 Å². The van der Waals surface area contributed by atoms with Crippen molar-refractivity contribution in [3.05, 3.63) is 30.6 Å². The Balaban J connectivity index is 1.81. The van der Waals surface area contributed by atoms with Gasteiger partial charge in [0, 0.05) is 6.42 Å². The van der Waals surface area contributed by atoms with Crippen LogP contribution in [0.1, 0.15) is 27.2 Å². The molecule has 2 atom stereocenters. The van der Waals surface area contributed by atoms with Crippen molar-refractivity contribution in [2.24, 2.45) is 0 Å². The zero-order chi connectivity index (χ0) is 19.6. The summed E-state index contributed by atoms with van der Waals surface area (Å²) in [5.74, 6) is -0.0836. The summed E-state index contributed by atoms with van der Waals surface area (Å²) in [7, 11) is 1.29. The van der Waals surface area contributed by atoms with E-state index in [-0.39, 0.29) is 6.54 Å². The van der Waals surface area contributed by atoms with Crippen molar-refractivity contribution in [1.82, 2.24) is 14.9 Å². The standard InChI is InChI=1S/C19H23N3O5/c1-19(2,3)27-18(24)22-10-12(9-15(22)17(23)25-4)26-16-13-7-5-6-8-14(13)20-11-21-16/h5-8,11-12,15H,9-10H2,1-4H3/t12-,15+/m1/s1. The number of likely N-dealkylation sites (tertiary alicyclic amines) is 1. The molecule has 2 aromatic rings. The van der Waals surface area contributed by atoms with E-state index in [1.807, 2.05) is 24.3 Å². The first-order valence-electron chi connectivity index (χ1n) is 8.72. The smallest absolute Gasteiger partial charge is 0.411 e. The second kappa shape index (κ2) is 7.38. The maximum absolute atomic E-state index is 12.5. The third-order valence-electron chi connectivity index (χ3n) is 4.15. The highest BCUT2D eigenvalue weighted by Crippen LogP contribution is 2.28. The molecule has 8 nitrogen and oxygen atoms in total. The number of hydrogen-bond donors (Lipinski definition) is 0. The lowest BCUT2D eigenvalue weighted by atomic mass is 10.2. The van der Waals surface area contributed by atoms with Crippen molar-refractivity contribution in [3.8, 4) is 5.88 Å². The minimum Gasteiger partial charge on any atom is -0.472 e. The largest absolute Gasteiger partial charge is 0.472 e. The Morgan fingerprint density at radius 2 is 1.93 bits per heavy atom. The predicted molar refractivity (Wildman–Crippen MR) is 97.3 cm³/mol. The molecule has 1 aromatic carbocycles. The summed E-state index contributed by atoms with van der Waals surface area (Å²) in [6, 6.07) is 6.72. The summed E-state index contributed by atoms with van der Waals surface area (Å²) in [5, 5.41) is 0.769. The maximum Gasteiger partial charge on any atom is 0.411 e. The summed E-state index contributed by atoms with van der Waals surface area (Å²) >= 11 is 0. The second-order valence-corrected chi connectivity index (χ2v) is 7.34. The molecule has 0 bridgehead atoms. The normalized spacial score (nSPS) is 19.8. The van der Waals surface area contributed by atoms with Crippen molar-refractivity contribution in [1.29, 1.82) is 0 Å². The van der Waals surface area contributed by atoms with Gasteiger partial charge in [0.2, 0.25) is 5.88 Å². The van der Waals surface area contributed by atoms with Gasteiger partial charge < -0.3 is 14.2 Å². The van der Waals surface area contributed by atoms with Gasteiger partial charge in [-0.3, -0.25) is 4.90 Å². The predicted octanol–water partition coefficient (Wildman–Crippen LogP) is 2.56. The Morgan fingerprint density at radius 3 is 2.63 bits per heavy atom. The lowest BCUT2D eigenvalue weighted by Crippen LogP contribution is -2.44. The molecule has 0 spiro atoms. The van der Waals surface area contributed by atoms with E-state index in [2.05, 4.69) is 9.97 Å². The average molecular weight is 373 g/mol. The fourth-order valence-corrected chi connectivity index (χ4v) is 3.00. The average Bonchev–Trinajstić information content (AvgIpc) is 3.04. The second-order valence-electron chi connectivity index (χ2n) is 7.34. The molecule has 0 radical (unpaired) electrons. The molecule has 1 aliphatic heterocycles. The van der Waals surface area contributed by atoms with Gasteiger partial charge in [-0.05, 0) is 32.9 Å². The number of esters is 1. The first-order valence-corrected chi connectivity index (χ1v) is 8.72. The third-order valence-corrected chi connectivity index (χ3v) is 4.15. The number of carbonyl (C=O) groups is 2. The molecule has 2 heterocycles. The van der Waals surface area contributed by atoms with Crippen LogP contribution in [0.5, 0.6) is 5.88 Å². The van der Waals surface area contributed by atoms with Crippen LogP contribution >= 0.6 is 0 Å². The van der Waals surface area contributed by atoms with Gasteiger partial charge >= 0.3 is 12.1 Å². The Bertz CT molecular complexity index is 843. The van der Waals surface area contributed by atoms with E-state index in [1.165, 1.54) is 18.3 Å². The number of carbonyl (C=O) groups excluding carboxylic acids is 2. The molecule has 27 heavy (non-hydrogen) atoms. The van der Waals surface area contributed by atoms with E-state index in [9.17, 15) is 9.59 Å². The van der Waals surface area contributed by atoms with Gasteiger partial charge in [-0.1, -0.05) is 12.1 Å². The highest BCUT2D eigenvalue weighted by atomic mass is 16.6. The third kappa shape index (κ3) is 4.27. The minimum atomic E-state index is -0.761. The first-order chi connectivity index (χ1) is 12.8. The van der Waals surface area contributed by atoms with Gasteiger partial charge in [-0.15, -0.1) is 0 Å². The molecule has 3 rings (SSSR count). The van der Waals surface area contributed by atoms with Crippen LogP contribution in [-0.2, 0) is 14.3 Å². The molecule has 1 saturated heterocycles. The highest BCUT2D eigenvalue weighted by molar-refractivity contribution is 5.83. The Labute approximate surface area is 157 Å². The fourth-order valence-electron chi connectivity index (χ4n) is 3.00. The van der Waals surface area contributed by atoms with E-state index in [0.29, 0.717) is 12.3 Å². The van der Waals surface area contributed by atoms with Gasteiger partial charge in [0.05, 0.1) is 24.6 Å². The fraction of sp³-hybridized carbons (Fsp3) is 0.474. The Kier molecular flexibility index (Phi) is 5.16. The van der Waals surface area contributed by atoms with Crippen molar-refractivity contribution in [3.63, 3.8) is 0 Å². The van der Waals surface area contributed by atoms with Crippen molar-refractivity contribution < 1.29 is 23.8 Å². The number of aromatic nitrogens is 2. The van der Waals surface area contributed by atoms with Gasteiger partial charge in [0.25, 0.3) is 0 Å². The van der Waals surface area contributed by atoms with Crippen LogP contribution < -0.4 is 4.74 Å². The topological polar surface area (TPSA) is 90.9 Å². The molecule has 0 saturated carbocycles. The lowest BCUT2D eigenvalue weighted by Gasteiger charge is -2.27. The van der Waals surface area contributed by atoms with Crippen LogP contribution in [0.4, 0.5) is 4.79 Å². The van der Waals surface area contributed by atoms with Crippen LogP contribution in [0.3, 0.4) is 0 Å². The van der Waals surface area contributed by atoms with Gasteiger partial charge in [0.1, 0.15) is 24.1 Å². The zero-order valence-electron chi connectivity index (χ0n) is 15.8. The lowest BCUT2D eigenvalue weighted by molar-refractivity contribution is -0.145. The molecule has 0 N–H and O–H groups in total. The summed E-state index contributed by atoms with van der Waals surface area (Å²) in [4.78, 5) is 34.4. The summed E-state index contributed by atoms with van der Waals surface area (Å²) in [6.07, 6.45) is 0.733. The van der Waals surface area contributed by atoms with E-state index in [0.717, 1.165) is 10.9 Å². The van der Waals surface area contributed by atoms with Gasteiger partial charge in [0.15, 0.2) is 0 Å². The molecule has 1 aliphatic rings. The monoisotopic (exact) mass is 373 g/mol. The highest BCUT2D eigenvalue weighted by Gasteiger charge is 2.43. The van der Waals surface area contributed by atoms with Crippen LogP contribution in [0.2, 0.25) is 0 Å². The molecular formula is C19H23N3O5. The van der Waals surface area contributed by atoms with E-state index in [1.54, 1.807) is 20.8 Å². The van der Waals surface area contributed by atoms with Crippen LogP contribution in [0.25, 0.3) is 10.9 Å². The summed E-state index contributed by atoms with van der Waals surface area (Å²) in [5.41, 5.74) is 0.0912. The zero-order valence-corrected chi connectivity index (χ0v) is 15.8. The SMILES string of the molecule is COC(=O)[C@@H]1C[C@@H](Oc2ncnc3ccccc23)CN1C(=O)OC(C)(C)C. The van der Waals surface area contributed by atoms with Gasteiger partial charge in [-0.25, -0.2) is 19.6 Å². The quantitative estimate of drug-likeness (QED) is 0.764. The molecule has 0 unspecified atom stereocenters. The number of hydrogen-bond acceptors (Lipinski definition) is 7. The Hall–Kier alpha value is -2.90. The number of para-hydroxylation sites is 1. The Morgan fingerprint density at radius 1 is 1.19 bits per heavy atom. The molecular weight excluding hydrogens is 350 g/mol. The number of methoxy groups -OCH3 is 1. The molecule has 8 heteroatoms. The number of benzene rings is 1. The van der Waals surface area contributed by atoms with Crippen molar-refractivity contribution >= 4 is 23.0 Å². The summed E-state index contributed by atoms with van der Waals surface area (Å²) in [6.45, 7) is 5.52. The van der Waals surface area contributed by atoms with Crippen LogP contribution in [0, 0.1) is 0 Å².